The Kier molecular flexibility index (Phi) is 5.50. The molecular weight excluding hydrogens is 416 g/mol. The highest BCUT2D eigenvalue weighted by molar-refractivity contribution is 9.11. The smallest absolute Gasteiger partial charge is 0.252 e. The lowest BCUT2D eigenvalue weighted by atomic mass is 10.1. The largest absolute Gasteiger partial charge is 0.389 e. The minimum atomic E-state index is -0.132. The SMILES string of the molecule is NC(=S)c1ccc(CNC(=O)c2ccc(Br)cc2Br)cc1. The van der Waals surface area contributed by atoms with Crippen molar-refractivity contribution in [3.05, 3.63) is 68.1 Å². The molecule has 0 aliphatic carbocycles. The topological polar surface area (TPSA) is 55.1 Å². The number of carbonyl (C=O) groups is 1. The van der Waals surface area contributed by atoms with Gasteiger partial charge in [0.2, 0.25) is 0 Å². The van der Waals surface area contributed by atoms with E-state index in [9.17, 15) is 4.79 Å². The molecule has 3 nitrogen and oxygen atoms in total. The number of benzene rings is 2. The first kappa shape index (κ1) is 16.1. The van der Waals surface area contributed by atoms with E-state index in [1.54, 1.807) is 6.07 Å². The first-order chi connectivity index (χ1) is 9.97. The van der Waals surface area contributed by atoms with Crippen LogP contribution in [0.2, 0.25) is 0 Å². The van der Waals surface area contributed by atoms with Crippen molar-refractivity contribution in [3.63, 3.8) is 0 Å². The molecule has 0 aliphatic rings. The van der Waals surface area contributed by atoms with E-state index >= 15 is 0 Å². The highest BCUT2D eigenvalue weighted by atomic mass is 79.9. The van der Waals surface area contributed by atoms with Crippen molar-refractivity contribution in [2.24, 2.45) is 5.73 Å². The maximum atomic E-state index is 12.1. The lowest BCUT2D eigenvalue weighted by molar-refractivity contribution is 0.0950. The molecule has 2 rings (SSSR count). The Bertz CT molecular complexity index is 687. The van der Waals surface area contributed by atoms with E-state index in [0.29, 0.717) is 17.1 Å². The van der Waals surface area contributed by atoms with Crippen LogP contribution in [0.5, 0.6) is 0 Å². The number of hydrogen-bond acceptors (Lipinski definition) is 2. The van der Waals surface area contributed by atoms with Gasteiger partial charge in [-0.3, -0.25) is 4.79 Å². The summed E-state index contributed by atoms with van der Waals surface area (Å²) < 4.78 is 1.66. The van der Waals surface area contributed by atoms with Gasteiger partial charge in [0, 0.05) is 21.1 Å². The van der Waals surface area contributed by atoms with Crippen molar-refractivity contribution in [3.8, 4) is 0 Å². The molecule has 0 saturated carbocycles. The fourth-order valence-electron chi connectivity index (χ4n) is 1.74. The lowest BCUT2D eigenvalue weighted by Crippen LogP contribution is -2.23. The average Bonchev–Trinajstić information content (AvgIpc) is 2.45. The number of carbonyl (C=O) groups excluding carboxylic acids is 1. The predicted octanol–water partition coefficient (Wildman–Crippen LogP) is 3.78. The zero-order valence-corrected chi connectivity index (χ0v) is 14.9. The van der Waals surface area contributed by atoms with E-state index in [0.717, 1.165) is 20.1 Å². The number of thiocarbonyl (C=S) groups is 1. The van der Waals surface area contributed by atoms with Crippen molar-refractivity contribution in [1.82, 2.24) is 5.32 Å². The van der Waals surface area contributed by atoms with E-state index in [4.69, 9.17) is 18.0 Å². The summed E-state index contributed by atoms with van der Waals surface area (Å²) in [6.07, 6.45) is 0. The maximum Gasteiger partial charge on any atom is 0.252 e. The Labute approximate surface area is 145 Å². The second kappa shape index (κ2) is 7.15. The summed E-state index contributed by atoms with van der Waals surface area (Å²) in [6.45, 7) is 0.443. The highest BCUT2D eigenvalue weighted by Gasteiger charge is 2.09. The van der Waals surface area contributed by atoms with Crippen molar-refractivity contribution < 1.29 is 4.79 Å². The molecule has 0 fully saturated rings. The third-order valence-corrected chi connectivity index (χ3v) is 4.25. The van der Waals surface area contributed by atoms with Gasteiger partial charge in [0.1, 0.15) is 4.99 Å². The summed E-state index contributed by atoms with van der Waals surface area (Å²) >= 11 is 11.6. The Hall–Kier alpha value is -1.24. The highest BCUT2D eigenvalue weighted by Crippen LogP contribution is 2.21. The summed E-state index contributed by atoms with van der Waals surface area (Å²) in [6, 6.07) is 12.9. The molecule has 1 amide bonds. The molecule has 0 atom stereocenters. The van der Waals surface area contributed by atoms with Crippen molar-refractivity contribution in [2.75, 3.05) is 0 Å². The quantitative estimate of drug-likeness (QED) is 0.730. The van der Waals surface area contributed by atoms with Gasteiger partial charge in [-0.25, -0.2) is 0 Å². The van der Waals surface area contributed by atoms with E-state index in [1.165, 1.54) is 0 Å². The zero-order chi connectivity index (χ0) is 15.4. The van der Waals surface area contributed by atoms with E-state index in [2.05, 4.69) is 37.2 Å². The Morgan fingerprint density at radius 1 is 1.14 bits per heavy atom. The molecule has 108 valence electrons. The molecule has 0 saturated heterocycles. The molecule has 0 radical (unpaired) electrons. The van der Waals surface area contributed by atoms with Gasteiger partial charge in [-0.05, 0) is 39.7 Å². The summed E-state index contributed by atoms with van der Waals surface area (Å²) in [5.74, 6) is -0.132. The van der Waals surface area contributed by atoms with Crippen LogP contribution in [0.3, 0.4) is 0 Å². The van der Waals surface area contributed by atoms with Gasteiger partial charge in [0.05, 0.1) is 5.56 Å². The Morgan fingerprint density at radius 2 is 1.81 bits per heavy atom. The van der Waals surface area contributed by atoms with Crippen LogP contribution in [-0.4, -0.2) is 10.9 Å². The van der Waals surface area contributed by atoms with Crippen LogP contribution in [0.4, 0.5) is 0 Å². The average molecular weight is 428 g/mol. The monoisotopic (exact) mass is 426 g/mol. The molecule has 0 bridgehead atoms. The Balaban J connectivity index is 2.02. The van der Waals surface area contributed by atoms with Gasteiger partial charge in [0.15, 0.2) is 0 Å². The molecule has 0 unspecified atom stereocenters. The first-order valence-electron chi connectivity index (χ1n) is 6.09. The molecule has 0 aliphatic heterocycles. The van der Waals surface area contributed by atoms with Gasteiger partial charge in [-0.1, -0.05) is 52.4 Å². The van der Waals surface area contributed by atoms with Crippen LogP contribution in [-0.2, 0) is 6.54 Å². The predicted molar refractivity (Wildman–Crippen MR) is 95.3 cm³/mol. The number of halogens is 2. The zero-order valence-electron chi connectivity index (χ0n) is 10.9. The fourth-order valence-corrected chi connectivity index (χ4v) is 3.10. The summed E-state index contributed by atoms with van der Waals surface area (Å²) in [4.78, 5) is 12.5. The molecule has 0 spiro atoms. The first-order valence-corrected chi connectivity index (χ1v) is 8.09. The van der Waals surface area contributed by atoms with Crippen LogP contribution in [0.1, 0.15) is 21.5 Å². The molecular formula is C15H12Br2N2OS. The maximum absolute atomic E-state index is 12.1. The molecule has 6 heteroatoms. The number of nitrogens with two attached hydrogens (primary N) is 1. The van der Waals surface area contributed by atoms with Gasteiger partial charge >= 0.3 is 0 Å². The summed E-state index contributed by atoms with van der Waals surface area (Å²) in [5.41, 5.74) is 7.94. The number of nitrogens with one attached hydrogen (secondary N) is 1. The van der Waals surface area contributed by atoms with Gasteiger partial charge in [0.25, 0.3) is 5.91 Å². The molecule has 2 aromatic carbocycles. The van der Waals surface area contributed by atoms with Crippen molar-refractivity contribution in [1.29, 1.82) is 0 Å². The van der Waals surface area contributed by atoms with E-state index < -0.39 is 0 Å². The van der Waals surface area contributed by atoms with E-state index in [-0.39, 0.29) is 5.91 Å². The summed E-state index contributed by atoms with van der Waals surface area (Å²) in [7, 11) is 0. The lowest BCUT2D eigenvalue weighted by Gasteiger charge is -2.08. The molecule has 3 N–H and O–H groups in total. The van der Waals surface area contributed by atoms with Gasteiger partial charge < -0.3 is 11.1 Å². The molecule has 0 aromatic heterocycles. The number of hydrogen-bond donors (Lipinski definition) is 2. The molecule has 0 heterocycles. The van der Waals surface area contributed by atoms with Crippen LogP contribution in [0, 0.1) is 0 Å². The van der Waals surface area contributed by atoms with Crippen LogP contribution in [0.15, 0.2) is 51.4 Å². The fraction of sp³-hybridized carbons (Fsp3) is 0.0667. The Morgan fingerprint density at radius 3 is 2.38 bits per heavy atom. The van der Waals surface area contributed by atoms with E-state index in [1.807, 2.05) is 36.4 Å². The minimum Gasteiger partial charge on any atom is -0.389 e. The second-order valence-electron chi connectivity index (χ2n) is 4.37. The second-order valence-corrected chi connectivity index (χ2v) is 6.58. The van der Waals surface area contributed by atoms with Crippen LogP contribution in [0.25, 0.3) is 0 Å². The number of amides is 1. The normalized spacial score (nSPS) is 10.2. The van der Waals surface area contributed by atoms with Crippen LogP contribution < -0.4 is 11.1 Å². The van der Waals surface area contributed by atoms with Gasteiger partial charge in [-0.15, -0.1) is 0 Å². The standard InChI is InChI=1S/C15H12Br2N2OS/c16-11-5-6-12(13(17)7-11)15(20)19-8-9-1-3-10(4-2-9)14(18)21/h1-7H,8H2,(H2,18,21)(H,19,20). The molecule has 21 heavy (non-hydrogen) atoms. The number of rotatable bonds is 4. The third kappa shape index (κ3) is 4.36. The minimum absolute atomic E-state index is 0.132. The van der Waals surface area contributed by atoms with Crippen LogP contribution >= 0.6 is 44.1 Å². The van der Waals surface area contributed by atoms with Crippen molar-refractivity contribution >= 4 is 55.0 Å². The van der Waals surface area contributed by atoms with Gasteiger partial charge in [-0.2, -0.15) is 0 Å². The third-order valence-electron chi connectivity index (χ3n) is 2.87. The summed E-state index contributed by atoms with van der Waals surface area (Å²) in [5, 5.41) is 2.88. The van der Waals surface area contributed by atoms with Crippen molar-refractivity contribution in [2.45, 2.75) is 6.54 Å². The molecule has 2 aromatic rings.